The molecule has 10 heteroatoms. The fourth-order valence-electron chi connectivity index (χ4n) is 4.59. The smallest absolute Gasteiger partial charge is 0.329 e. The minimum atomic E-state index is -0.457. The number of aromatic amines is 1. The predicted molar refractivity (Wildman–Crippen MR) is 126 cm³/mol. The SMILES string of the molecule is Cc1c(C)n2c3c(=O)[nH]c(=O)n(C)c3nc2n1CCN1CCN(c2cccc(Cl)c2)CC1. The molecule has 3 aromatic heterocycles. The minimum absolute atomic E-state index is 0.403. The first kappa shape index (κ1) is 20.8. The number of rotatable bonds is 4. The molecule has 1 aromatic carbocycles. The predicted octanol–water partition coefficient (Wildman–Crippen LogP) is 1.77. The number of benzene rings is 1. The van der Waals surface area contributed by atoms with Crippen molar-refractivity contribution in [3.05, 3.63) is 61.5 Å². The van der Waals surface area contributed by atoms with Gasteiger partial charge in [-0.15, -0.1) is 0 Å². The zero-order valence-electron chi connectivity index (χ0n) is 18.4. The summed E-state index contributed by atoms with van der Waals surface area (Å²) >= 11 is 6.14. The van der Waals surface area contributed by atoms with Gasteiger partial charge in [-0.3, -0.25) is 23.6 Å². The van der Waals surface area contributed by atoms with Gasteiger partial charge in [0.15, 0.2) is 11.2 Å². The summed E-state index contributed by atoms with van der Waals surface area (Å²) in [5, 5.41) is 0.760. The van der Waals surface area contributed by atoms with Crippen LogP contribution in [-0.2, 0) is 13.6 Å². The van der Waals surface area contributed by atoms with E-state index in [9.17, 15) is 9.59 Å². The first-order valence-corrected chi connectivity index (χ1v) is 11.1. The fraction of sp³-hybridized carbons (Fsp3) is 0.409. The van der Waals surface area contributed by atoms with E-state index in [1.807, 2.05) is 36.4 Å². The molecule has 32 heavy (non-hydrogen) atoms. The maximum absolute atomic E-state index is 12.5. The molecule has 1 aliphatic heterocycles. The molecule has 0 radical (unpaired) electrons. The Morgan fingerprint density at radius 1 is 1.06 bits per heavy atom. The van der Waals surface area contributed by atoms with Crippen LogP contribution in [0, 0.1) is 13.8 Å². The highest BCUT2D eigenvalue weighted by atomic mass is 35.5. The van der Waals surface area contributed by atoms with Crippen LogP contribution in [0.25, 0.3) is 16.9 Å². The highest BCUT2D eigenvalue weighted by molar-refractivity contribution is 6.30. The molecule has 0 unspecified atom stereocenters. The van der Waals surface area contributed by atoms with Crippen molar-refractivity contribution in [2.24, 2.45) is 7.05 Å². The number of aromatic nitrogens is 5. The Labute approximate surface area is 189 Å². The van der Waals surface area contributed by atoms with Gasteiger partial charge in [0.25, 0.3) is 5.56 Å². The zero-order chi connectivity index (χ0) is 22.6. The Balaban J connectivity index is 1.37. The van der Waals surface area contributed by atoms with Crippen molar-refractivity contribution in [2.75, 3.05) is 37.6 Å². The molecule has 1 saturated heterocycles. The normalized spacial score (nSPS) is 15.3. The number of nitrogens with one attached hydrogen (secondary N) is 1. The van der Waals surface area contributed by atoms with Gasteiger partial charge in [-0.1, -0.05) is 17.7 Å². The second-order valence-corrected chi connectivity index (χ2v) is 8.81. The van der Waals surface area contributed by atoms with Crippen LogP contribution in [0.5, 0.6) is 0 Å². The van der Waals surface area contributed by atoms with E-state index in [2.05, 4.69) is 30.4 Å². The van der Waals surface area contributed by atoms with Gasteiger partial charge < -0.3 is 9.47 Å². The number of piperazine rings is 1. The van der Waals surface area contributed by atoms with Gasteiger partial charge in [0.1, 0.15) is 0 Å². The Bertz CT molecular complexity index is 1440. The Morgan fingerprint density at radius 2 is 1.81 bits per heavy atom. The van der Waals surface area contributed by atoms with Gasteiger partial charge in [0.2, 0.25) is 5.78 Å². The Kier molecular flexibility index (Phi) is 5.10. The van der Waals surface area contributed by atoms with Gasteiger partial charge in [0.05, 0.1) is 0 Å². The van der Waals surface area contributed by atoms with E-state index in [-0.39, 0.29) is 0 Å². The first-order valence-electron chi connectivity index (χ1n) is 10.7. The number of hydrogen-bond acceptors (Lipinski definition) is 5. The fourth-order valence-corrected chi connectivity index (χ4v) is 4.77. The summed E-state index contributed by atoms with van der Waals surface area (Å²) in [6.07, 6.45) is 0. The second kappa shape index (κ2) is 7.83. The minimum Gasteiger partial charge on any atom is -0.369 e. The molecule has 0 spiro atoms. The third-order valence-electron chi connectivity index (χ3n) is 6.59. The van der Waals surface area contributed by atoms with Crippen molar-refractivity contribution in [3.63, 3.8) is 0 Å². The number of H-pyrrole nitrogens is 1. The summed E-state index contributed by atoms with van der Waals surface area (Å²) in [5.41, 5.74) is 3.14. The molecule has 4 aromatic rings. The van der Waals surface area contributed by atoms with Gasteiger partial charge in [-0.05, 0) is 32.0 Å². The molecule has 1 fully saturated rings. The van der Waals surface area contributed by atoms with E-state index in [1.54, 1.807) is 7.05 Å². The van der Waals surface area contributed by atoms with Crippen LogP contribution in [0.3, 0.4) is 0 Å². The maximum Gasteiger partial charge on any atom is 0.329 e. The van der Waals surface area contributed by atoms with Crippen LogP contribution >= 0.6 is 11.6 Å². The van der Waals surface area contributed by atoms with Crippen molar-refractivity contribution in [2.45, 2.75) is 20.4 Å². The van der Waals surface area contributed by atoms with Crippen molar-refractivity contribution >= 4 is 34.2 Å². The van der Waals surface area contributed by atoms with Crippen molar-refractivity contribution in [1.82, 2.24) is 28.4 Å². The third kappa shape index (κ3) is 3.32. The number of fused-ring (bicyclic) bond motifs is 3. The molecular weight excluding hydrogens is 430 g/mol. The molecule has 0 atom stereocenters. The first-order chi connectivity index (χ1) is 15.3. The highest BCUT2D eigenvalue weighted by Gasteiger charge is 2.22. The topological polar surface area (TPSA) is 83.6 Å². The molecule has 0 saturated carbocycles. The lowest BCUT2D eigenvalue weighted by atomic mass is 10.2. The van der Waals surface area contributed by atoms with E-state index >= 15 is 0 Å². The number of imidazole rings is 2. The van der Waals surface area contributed by atoms with Crippen LogP contribution in [-0.4, -0.2) is 61.1 Å². The monoisotopic (exact) mass is 455 g/mol. The number of nitrogens with zero attached hydrogens (tertiary/aromatic N) is 6. The zero-order valence-corrected chi connectivity index (χ0v) is 19.2. The van der Waals surface area contributed by atoms with Gasteiger partial charge in [0, 0.05) is 68.4 Å². The lowest BCUT2D eigenvalue weighted by Gasteiger charge is -2.36. The number of aryl methyl sites for hydroxylation is 2. The van der Waals surface area contributed by atoms with Crippen LogP contribution < -0.4 is 16.1 Å². The van der Waals surface area contributed by atoms with Gasteiger partial charge in [-0.25, -0.2) is 4.79 Å². The van der Waals surface area contributed by atoms with Crippen molar-refractivity contribution in [1.29, 1.82) is 0 Å². The van der Waals surface area contributed by atoms with Crippen LogP contribution in [0.2, 0.25) is 5.02 Å². The Morgan fingerprint density at radius 3 is 2.53 bits per heavy atom. The average molecular weight is 456 g/mol. The molecule has 0 bridgehead atoms. The third-order valence-corrected chi connectivity index (χ3v) is 6.83. The quantitative estimate of drug-likeness (QED) is 0.507. The van der Waals surface area contributed by atoms with E-state index in [0.29, 0.717) is 16.9 Å². The van der Waals surface area contributed by atoms with E-state index in [0.717, 1.165) is 61.4 Å². The number of halogens is 1. The van der Waals surface area contributed by atoms with Gasteiger partial charge in [-0.2, -0.15) is 4.98 Å². The highest BCUT2D eigenvalue weighted by Crippen LogP contribution is 2.22. The maximum atomic E-state index is 12.5. The summed E-state index contributed by atoms with van der Waals surface area (Å²) < 4.78 is 5.39. The van der Waals surface area contributed by atoms with Crippen LogP contribution in [0.1, 0.15) is 11.4 Å². The summed E-state index contributed by atoms with van der Waals surface area (Å²) in [4.78, 5) is 36.4. The molecule has 9 nitrogen and oxygen atoms in total. The van der Waals surface area contributed by atoms with Crippen LogP contribution in [0.15, 0.2) is 33.9 Å². The molecule has 5 rings (SSSR count). The van der Waals surface area contributed by atoms with E-state index in [4.69, 9.17) is 11.6 Å². The molecule has 1 aliphatic rings. The second-order valence-electron chi connectivity index (χ2n) is 8.37. The summed E-state index contributed by atoms with van der Waals surface area (Å²) in [6.45, 7) is 9.49. The molecule has 0 aliphatic carbocycles. The summed E-state index contributed by atoms with van der Waals surface area (Å²) in [5.74, 6) is 0.694. The van der Waals surface area contributed by atoms with Gasteiger partial charge >= 0.3 is 5.69 Å². The van der Waals surface area contributed by atoms with Crippen LogP contribution in [0.4, 0.5) is 5.69 Å². The van der Waals surface area contributed by atoms with E-state index < -0.39 is 11.2 Å². The summed E-state index contributed by atoms with van der Waals surface area (Å²) in [7, 11) is 1.62. The molecule has 168 valence electrons. The molecular formula is C22H26ClN7O2. The van der Waals surface area contributed by atoms with Crippen molar-refractivity contribution < 1.29 is 0 Å². The number of anilines is 1. The molecule has 0 amide bonds. The molecule has 4 heterocycles. The van der Waals surface area contributed by atoms with Crippen molar-refractivity contribution in [3.8, 4) is 0 Å². The summed E-state index contributed by atoms with van der Waals surface area (Å²) in [6, 6.07) is 8.00. The lowest BCUT2D eigenvalue weighted by molar-refractivity contribution is 0.248. The Hall–Kier alpha value is -3.04. The average Bonchev–Trinajstić information content (AvgIpc) is 3.27. The largest absolute Gasteiger partial charge is 0.369 e. The lowest BCUT2D eigenvalue weighted by Crippen LogP contribution is -2.47. The standard InChI is InChI=1S/C22H26ClN7O2/c1-14-15(2)30-18-19(26(3)22(32)25-20(18)31)24-21(30)29(14)12-9-27-7-10-28(11-8-27)17-6-4-5-16(23)13-17/h4-6,13H,7-12H2,1-3H3,(H,25,31,32). The molecule has 1 N–H and O–H groups in total. The van der Waals surface area contributed by atoms with E-state index in [1.165, 1.54) is 4.57 Å². The number of hydrogen-bond donors (Lipinski definition) is 1.